The van der Waals surface area contributed by atoms with Crippen LogP contribution in [-0.2, 0) is 0 Å². The standard InChI is InChI=1S/C23H26FN9O/c1-16-15-32(8-9-33(16)23-28-11-18(24)12-29-23)21-14-25-19(13-27-21)30-22(34)17-4-5-20(26-10-17)31-6-2-3-7-31/h4-5,10-14,16H,2-3,6-9,15H2,1H3,(H,25,30,34)/t16-/m0/s1. The zero-order valence-electron chi connectivity index (χ0n) is 18.9. The lowest BCUT2D eigenvalue weighted by Gasteiger charge is -2.40. The summed E-state index contributed by atoms with van der Waals surface area (Å²) in [6, 6.07) is 3.77. The number of rotatable bonds is 5. The van der Waals surface area contributed by atoms with Gasteiger partial charge in [-0.2, -0.15) is 0 Å². The minimum atomic E-state index is -0.451. The zero-order valence-corrected chi connectivity index (χ0v) is 18.9. The van der Waals surface area contributed by atoms with Gasteiger partial charge in [0.2, 0.25) is 5.95 Å². The Morgan fingerprint density at radius 2 is 1.65 bits per heavy atom. The number of amides is 1. The Balaban J connectivity index is 1.18. The van der Waals surface area contributed by atoms with Crippen LogP contribution in [0.25, 0.3) is 0 Å². The van der Waals surface area contributed by atoms with Crippen LogP contribution in [0.2, 0.25) is 0 Å². The van der Waals surface area contributed by atoms with Gasteiger partial charge in [0.1, 0.15) is 11.6 Å². The molecule has 1 atom stereocenters. The molecule has 2 aliphatic heterocycles. The molecule has 0 unspecified atom stereocenters. The highest BCUT2D eigenvalue weighted by Crippen LogP contribution is 2.21. The highest BCUT2D eigenvalue weighted by atomic mass is 19.1. The molecule has 2 saturated heterocycles. The third kappa shape index (κ3) is 4.73. The Labute approximate surface area is 196 Å². The van der Waals surface area contributed by atoms with Gasteiger partial charge in [0.15, 0.2) is 11.6 Å². The molecular weight excluding hydrogens is 437 g/mol. The van der Waals surface area contributed by atoms with Crippen LogP contribution in [0.4, 0.5) is 27.8 Å². The first-order valence-corrected chi connectivity index (χ1v) is 11.4. The Bertz CT molecular complexity index is 1120. The molecule has 3 aromatic rings. The molecule has 0 aromatic carbocycles. The lowest BCUT2D eigenvalue weighted by atomic mass is 10.2. The van der Waals surface area contributed by atoms with Crippen LogP contribution in [0, 0.1) is 5.82 Å². The first kappa shape index (κ1) is 21.9. The van der Waals surface area contributed by atoms with E-state index in [1.165, 1.54) is 25.2 Å². The number of piperazine rings is 1. The molecular formula is C23H26FN9O. The molecule has 10 nitrogen and oxygen atoms in total. The van der Waals surface area contributed by atoms with Crippen molar-refractivity contribution in [1.29, 1.82) is 0 Å². The van der Waals surface area contributed by atoms with Crippen LogP contribution in [0.1, 0.15) is 30.1 Å². The van der Waals surface area contributed by atoms with Crippen LogP contribution in [-0.4, -0.2) is 69.6 Å². The van der Waals surface area contributed by atoms with Gasteiger partial charge in [0, 0.05) is 45.0 Å². The number of halogens is 1. The number of nitrogens with zero attached hydrogens (tertiary/aromatic N) is 8. The minimum absolute atomic E-state index is 0.108. The first-order chi connectivity index (χ1) is 16.6. The molecule has 3 aromatic heterocycles. The van der Waals surface area contributed by atoms with Gasteiger partial charge >= 0.3 is 0 Å². The third-order valence-corrected chi connectivity index (χ3v) is 6.14. The van der Waals surface area contributed by atoms with Crippen molar-refractivity contribution in [3.63, 3.8) is 0 Å². The van der Waals surface area contributed by atoms with Gasteiger partial charge in [-0.15, -0.1) is 0 Å². The van der Waals surface area contributed by atoms with E-state index < -0.39 is 5.82 Å². The summed E-state index contributed by atoms with van der Waals surface area (Å²) >= 11 is 0. The maximum Gasteiger partial charge on any atom is 0.258 e. The van der Waals surface area contributed by atoms with Gasteiger partial charge in [0.05, 0.1) is 30.4 Å². The van der Waals surface area contributed by atoms with Crippen molar-refractivity contribution in [1.82, 2.24) is 24.9 Å². The molecule has 176 valence electrons. The second-order valence-electron chi connectivity index (χ2n) is 8.50. The number of pyridine rings is 1. The summed E-state index contributed by atoms with van der Waals surface area (Å²) in [5, 5.41) is 2.78. The van der Waals surface area contributed by atoms with Gasteiger partial charge in [-0.3, -0.25) is 4.79 Å². The van der Waals surface area contributed by atoms with Crippen molar-refractivity contribution in [3.05, 3.63) is 54.5 Å². The lowest BCUT2D eigenvalue weighted by Crippen LogP contribution is -2.53. The average Bonchev–Trinajstić information content (AvgIpc) is 3.40. The van der Waals surface area contributed by atoms with E-state index in [2.05, 4.69) is 47.0 Å². The predicted octanol–water partition coefficient (Wildman–Crippen LogP) is 2.37. The molecule has 0 aliphatic carbocycles. The monoisotopic (exact) mass is 463 g/mol. The predicted molar refractivity (Wildman–Crippen MR) is 127 cm³/mol. The summed E-state index contributed by atoms with van der Waals surface area (Å²) in [6.07, 6.45) is 9.51. The number of hydrogen-bond donors (Lipinski definition) is 1. The Morgan fingerprint density at radius 1 is 0.882 bits per heavy atom. The van der Waals surface area contributed by atoms with Crippen LogP contribution in [0.5, 0.6) is 0 Å². The third-order valence-electron chi connectivity index (χ3n) is 6.14. The van der Waals surface area contributed by atoms with E-state index in [9.17, 15) is 9.18 Å². The van der Waals surface area contributed by atoms with Crippen LogP contribution in [0.3, 0.4) is 0 Å². The lowest BCUT2D eigenvalue weighted by molar-refractivity contribution is 0.102. The fraction of sp³-hybridized carbons (Fsp3) is 0.391. The van der Waals surface area contributed by atoms with Gasteiger partial charge < -0.3 is 20.0 Å². The number of aromatic nitrogens is 5. The van der Waals surface area contributed by atoms with E-state index in [0.717, 1.165) is 24.7 Å². The van der Waals surface area contributed by atoms with Crippen molar-refractivity contribution in [2.45, 2.75) is 25.8 Å². The topological polar surface area (TPSA) is 103 Å². The molecule has 1 N–H and O–H groups in total. The summed E-state index contributed by atoms with van der Waals surface area (Å²) in [7, 11) is 0. The van der Waals surface area contributed by atoms with E-state index in [-0.39, 0.29) is 11.9 Å². The molecule has 34 heavy (non-hydrogen) atoms. The largest absolute Gasteiger partial charge is 0.357 e. The van der Waals surface area contributed by atoms with Gasteiger partial charge in [-0.1, -0.05) is 0 Å². The van der Waals surface area contributed by atoms with E-state index in [4.69, 9.17) is 0 Å². The summed E-state index contributed by atoms with van der Waals surface area (Å²) in [5.41, 5.74) is 0.474. The smallest absolute Gasteiger partial charge is 0.258 e. The van der Waals surface area contributed by atoms with Crippen LogP contribution >= 0.6 is 0 Å². The molecule has 2 aliphatic rings. The molecule has 0 bridgehead atoms. The number of carbonyl (C=O) groups is 1. The second kappa shape index (κ2) is 9.54. The highest BCUT2D eigenvalue weighted by Gasteiger charge is 2.26. The fourth-order valence-electron chi connectivity index (χ4n) is 4.31. The van der Waals surface area contributed by atoms with E-state index >= 15 is 0 Å². The van der Waals surface area contributed by atoms with Crippen molar-refractivity contribution >= 4 is 29.3 Å². The second-order valence-corrected chi connectivity index (χ2v) is 8.50. The number of carbonyl (C=O) groups excluding carboxylic acids is 1. The first-order valence-electron chi connectivity index (χ1n) is 11.4. The summed E-state index contributed by atoms with van der Waals surface area (Å²) in [4.78, 5) is 40.4. The number of hydrogen-bond acceptors (Lipinski definition) is 9. The Hall–Kier alpha value is -3.89. The fourth-order valence-corrected chi connectivity index (χ4v) is 4.31. The molecule has 5 rings (SSSR count). The molecule has 1 amide bonds. The molecule has 0 saturated carbocycles. The normalized spacial score (nSPS) is 18.3. The molecule has 2 fully saturated rings. The zero-order chi connectivity index (χ0) is 23.5. The Morgan fingerprint density at radius 3 is 2.29 bits per heavy atom. The summed E-state index contributed by atoms with van der Waals surface area (Å²) in [6.45, 7) is 6.14. The number of nitrogens with one attached hydrogen (secondary N) is 1. The maximum atomic E-state index is 13.1. The van der Waals surface area contributed by atoms with E-state index in [0.29, 0.717) is 37.0 Å². The van der Waals surface area contributed by atoms with Gasteiger partial charge in [-0.25, -0.2) is 29.3 Å². The Kier molecular flexibility index (Phi) is 6.15. The summed E-state index contributed by atoms with van der Waals surface area (Å²) in [5.74, 6) is 1.79. The minimum Gasteiger partial charge on any atom is -0.357 e. The van der Waals surface area contributed by atoms with Crippen molar-refractivity contribution in [3.8, 4) is 0 Å². The van der Waals surface area contributed by atoms with Gasteiger partial charge in [0.25, 0.3) is 5.91 Å². The van der Waals surface area contributed by atoms with Crippen molar-refractivity contribution < 1.29 is 9.18 Å². The quantitative estimate of drug-likeness (QED) is 0.611. The van der Waals surface area contributed by atoms with Crippen molar-refractivity contribution in [2.24, 2.45) is 0 Å². The molecule has 0 radical (unpaired) electrons. The van der Waals surface area contributed by atoms with E-state index in [1.807, 2.05) is 11.0 Å². The van der Waals surface area contributed by atoms with Gasteiger partial charge in [-0.05, 0) is 31.9 Å². The molecule has 11 heteroatoms. The van der Waals surface area contributed by atoms with Crippen LogP contribution < -0.4 is 20.0 Å². The molecule has 0 spiro atoms. The van der Waals surface area contributed by atoms with Crippen LogP contribution in [0.15, 0.2) is 43.1 Å². The highest BCUT2D eigenvalue weighted by molar-refractivity contribution is 6.03. The SMILES string of the molecule is C[C@H]1CN(c2cnc(NC(=O)c3ccc(N4CCCC4)nc3)cn2)CCN1c1ncc(F)cn1. The maximum absolute atomic E-state index is 13.1. The molecule has 5 heterocycles. The summed E-state index contributed by atoms with van der Waals surface area (Å²) < 4.78 is 13.1. The number of anilines is 4. The van der Waals surface area contributed by atoms with Crippen molar-refractivity contribution in [2.75, 3.05) is 52.7 Å². The average molecular weight is 464 g/mol. The van der Waals surface area contributed by atoms with E-state index in [1.54, 1.807) is 24.7 Å².